The van der Waals surface area contributed by atoms with Crippen LogP contribution in [-0.2, 0) is 0 Å². The summed E-state index contributed by atoms with van der Waals surface area (Å²) in [5.74, 6) is -0.214. The van der Waals surface area contributed by atoms with Crippen molar-refractivity contribution in [1.29, 1.82) is 0 Å². The molecule has 0 N–H and O–H groups in total. The Bertz CT molecular complexity index is 417. The van der Waals surface area contributed by atoms with Gasteiger partial charge in [0, 0.05) is 13.1 Å². The molecule has 0 aromatic heterocycles. The fourth-order valence-electron chi connectivity index (χ4n) is 1.83. The van der Waals surface area contributed by atoms with Crippen LogP contribution in [0.4, 0.5) is 4.39 Å². The Morgan fingerprint density at radius 2 is 2.06 bits per heavy atom. The molecule has 0 fully saturated rings. The van der Waals surface area contributed by atoms with Crippen molar-refractivity contribution in [2.75, 3.05) is 13.1 Å². The second kappa shape index (κ2) is 6.53. The van der Waals surface area contributed by atoms with E-state index in [2.05, 4.69) is 13.8 Å². The SMILES string of the molecule is CCC(C)CN(CC)C(=O)c1cc(C)ccc1F. The van der Waals surface area contributed by atoms with E-state index in [-0.39, 0.29) is 11.5 Å². The van der Waals surface area contributed by atoms with E-state index in [0.717, 1.165) is 12.0 Å². The zero-order valence-electron chi connectivity index (χ0n) is 11.7. The summed E-state index contributed by atoms with van der Waals surface area (Å²) in [7, 11) is 0. The van der Waals surface area contributed by atoms with Crippen LogP contribution in [0, 0.1) is 18.7 Å². The molecule has 1 aromatic carbocycles. The highest BCUT2D eigenvalue weighted by Crippen LogP contribution is 2.14. The van der Waals surface area contributed by atoms with Crippen LogP contribution in [0.15, 0.2) is 18.2 Å². The Kier molecular flexibility index (Phi) is 5.32. The summed E-state index contributed by atoms with van der Waals surface area (Å²) in [5.41, 5.74) is 1.08. The monoisotopic (exact) mass is 251 g/mol. The van der Waals surface area contributed by atoms with Crippen molar-refractivity contribution in [2.24, 2.45) is 5.92 Å². The van der Waals surface area contributed by atoms with Gasteiger partial charge in [-0.2, -0.15) is 0 Å². The molecule has 0 saturated carbocycles. The molecular weight excluding hydrogens is 229 g/mol. The van der Waals surface area contributed by atoms with Crippen LogP contribution in [-0.4, -0.2) is 23.9 Å². The molecule has 100 valence electrons. The van der Waals surface area contributed by atoms with Crippen LogP contribution in [0.2, 0.25) is 0 Å². The molecule has 0 saturated heterocycles. The highest BCUT2D eigenvalue weighted by molar-refractivity contribution is 5.94. The standard InChI is InChI=1S/C15H22FNO/c1-5-11(3)10-17(6-2)15(18)13-9-12(4)7-8-14(13)16/h7-9,11H,5-6,10H2,1-4H3. The van der Waals surface area contributed by atoms with Gasteiger partial charge in [0.2, 0.25) is 0 Å². The van der Waals surface area contributed by atoms with Crippen molar-refractivity contribution in [3.05, 3.63) is 35.1 Å². The van der Waals surface area contributed by atoms with Gasteiger partial charge in [-0.05, 0) is 31.9 Å². The Morgan fingerprint density at radius 3 is 2.61 bits per heavy atom. The number of amides is 1. The molecule has 0 aliphatic heterocycles. The molecule has 1 aromatic rings. The minimum Gasteiger partial charge on any atom is -0.339 e. The molecule has 3 heteroatoms. The minimum atomic E-state index is -0.437. The zero-order chi connectivity index (χ0) is 13.7. The summed E-state index contributed by atoms with van der Waals surface area (Å²) in [4.78, 5) is 14.0. The van der Waals surface area contributed by atoms with E-state index in [0.29, 0.717) is 19.0 Å². The average molecular weight is 251 g/mol. The summed E-state index contributed by atoms with van der Waals surface area (Å²) < 4.78 is 13.7. The van der Waals surface area contributed by atoms with Crippen LogP contribution < -0.4 is 0 Å². The third-order valence-corrected chi connectivity index (χ3v) is 3.25. The Morgan fingerprint density at radius 1 is 1.39 bits per heavy atom. The molecular formula is C15H22FNO. The van der Waals surface area contributed by atoms with Gasteiger partial charge >= 0.3 is 0 Å². The summed E-state index contributed by atoms with van der Waals surface area (Å²) in [6.45, 7) is 9.27. The van der Waals surface area contributed by atoms with Gasteiger partial charge in [0.15, 0.2) is 0 Å². The third-order valence-electron chi connectivity index (χ3n) is 3.25. The second-order valence-electron chi connectivity index (χ2n) is 4.84. The first-order valence-corrected chi connectivity index (χ1v) is 6.55. The lowest BCUT2D eigenvalue weighted by molar-refractivity contribution is 0.0736. The number of rotatable bonds is 5. The number of hydrogen-bond acceptors (Lipinski definition) is 1. The zero-order valence-corrected chi connectivity index (χ0v) is 11.7. The quantitative estimate of drug-likeness (QED) is 0.782. The molecule has 1 atom stereocenters. The summed E-state index contributed by atoms with van der Waals surface area (Å²) in [6.07, 6.45) is 1.01. The molecule has 0 heterocycles. The van der Waals surface area contributed by atoms with E-state index < -0.39 is 5.82 Å². The molecule has 0 aliphatic rings. The van der Waals surface area contributed by atoms with E-state index >= 15 is 0 Å². The predicted octanol–water partition coefficient (Wildman–Crippen LogP) is 3.64. The molecule has 1 unspecified atom stereocenters. The van der Waals surface area contributed by atoms with E-state index in [4.69, 9.17) is 0 Å². The van der Waals surface area contributed by atoms with Crippen LogP contribution in [0.25, 0.3) is 0 Å². The Labute approximate surface area is 109 Å². The lowest BCUT2D eigenvalue weighted by atomic mass is 10.1. The first-order valence-electron chi connectivity index (χ1n) is 6.55. The number of nitrogens with zero attached hydrogens (tertiary/aromatic N) is 1. The molecule has 2 nitrogen and oxygen atoms in total. The predicted molar refractivity (Wildman–Crippen MR) is 72.2 cm³/mol. The fourth-order valence-corrected chi connectivity index (χ4v) is 1.83. The number of carbonyl (C=O) groups excluding carboxylic acids is 1. The molecule has 1 rings (SSSR count). The third kappa shape index (κ3) is 3.56. The van der Waals surface area contributed by atoms with E-state index in [1.165, 1.54) is 6.07 Å². The minimum absolute atomic E-state index is 0.181. The lowest BCUT2D eigenvalue weighted by Crippen LogP contribution is -2.35. The largest absolute Gasteiger partial charge is 0.339 e. The molecule has 0 bridgehead atoms. The number of benzene rings is 1. The van der Waals surface area contributed by atoms with Crippen molar-refractivity contribution >= 4 is 5.91 Å². The molecule has 0 aliphatic carbocycles. The number of hydrogen-bond donors (Lipinski definition) is 0. The van der Waals surface area contributed by atoms with Gasteiger partial charge in [-0.3, -0.25) is 4.79 Å². The number of aryl methyl sites for hydroxylation is 1. The number of halogens is 1. The first-order chi connectivity index (χ1) is 8.49. The molecule has 18 heavy (non-hydrogen) atoms. The van der Waals surface area contributed by atoms with Crippen molar-refractivity contribution in [1.82, 2.24) is 4.90 Å². The highest BCUT2D eigenvalue weighted by Gasteiger charge is 2.19. The maximum Gasteiger partial charge on any atom is 0.256 e. The van der Waals surface area contributed by atoms with E-state index in [1.807, 2.05) is 13.8 Å². The fraction of sp³-hybridized carbons (Fsp3) is 0.533. The van der Waals surface area contributed by atoms with Crippen LogP contribution in [0.3, 0.4) is 0 Å². The summed E-state index contributed by atoms with van der Waals surface area (Å²) in [5, 5.41) is 0. The van der Waals surface area contributed by atoms with Gasteiger partial charge in [0.25, 0.3) is 5.91 Å². The lowest BCUT2D eigenvalue weighted by Gasteiger charge is -2.24. The topological polar surface area (TPSA) is 20.3 Å². The van der Waals surface area contributed by atoms with Crippen LogP contribution in [0.5, 0.6) is 0 Å². The van der Waals surface area contributed by atoms with Gasteiger partial charge in [0.1, 0.15) is 5.82 Å². The second-order valence-corrected chi connectivity index (χ2v) is 4.84. The average Bonchev–Trinajstić information content (AvgIpc) is 2.37. The molecule has 0 radical (unpaired) electrons. The van der Waals surface area contributed by atoms with Crippen LogP contribution >= 0.6 is 0 Å². The normalized spacial score (nSPS) is 12.3. The molecule has 1 amide bonds. The molecule has 0 spiro atoms. The summed E-state index contributed by atoms with van der Waals surface area (Å²) >= 11 is 0. The van der Waals surface area contributed by atoms with Gasteiger partial charge in [-0.25, -0.2) is 4.39 Å². The van der Waals surface area contributed by atoms with Crippen molar-refractivity contribution < 1.29 is 9.18 Å². The first kappa shape index (κ1) is 14.7. The highest BCUT2D eigenvalue weighted by atomic mass is 19.1. The number of carbonyl (C=O) groups is 1. The Balaban J connectivity index is 2.92. The van der Waals surface area contributed by atoms with Crippen molar-refractivity contribution in [3.8, 4) is 0 Å². The van der Waals surface area contributed by atoms with Gasteiger partial charge in [-0.15, -0.1) is 0 Å². The van der Waals surface area contributed by atoms with Crippen LogP contribution in [0.1, 0.15) is 43.1 Å². The summed E-state index contributed by atoms with van der Waals surface area (Å²) in [6, 6.07) is 4.66. The van der Waals surface area contributed by atoms with Gasteiger partial charge in [-0.1, -0.05) is 31.9 Å². The van der Waals surface area contributed by atoms with E-state index in [1.54, 1.807) is 17.0 Å². The van der Waals surface area contributed by atoms with Gasteiger partial charge in [0.05, 0.1) is 5.56 Å². The van der Waals surface area contributed by atoms with Gasteiger partial charge < -0.3 is 4.90 Å². The maximum absolute atomic E-state index is 13.7. The van der Waals surface area contributed by atoms with Crippen molar-refractivity contribution in [2.45, 2.75) is 34.1 Å². The van der Waals surface area contributed by atoms with Crippen molar-refractivity contribution in [3.63, 3.8) is 0 Å². The van der Waals surface area contributed by atoms with E-state index in [9.17, 15) is 9.18 Å². The Hall–Kier alpha value is -1.38. The maximum atomic E-state index is 13.7. The smallest absolute Gasteiger partial charge is 0.256 e.